The van der Waals surface area contributed by atoms with Crippen LogP contribution in [0.2, 0.25) is 0 Å². The molecule has 0 saturated carbocycles. The number of thioether (sulfide) groups is 1. The first-order chi connectivity index (χ1) is 12.5. The fourth-order valence-electron chi connectivity index (χ4n) is 2.53. The summed E-state index contributed by atoms with van der Waals surface area (Å²) >= 11 is 0.952. The maximum absolute atomic E-state index is 11.6. The van der Waals surface area contributed by atoms with Gasteiger partial charge in [0.2, 0.25) is 11.5 Å². The highest BCUT2D eigenvalue weighted by Crippen LogP contribution is 2.33. The topological polar surface area (TPSA) is 172 Å². The molecule has 0 aliphatic carbocycles. The standard InChI is InChI=1S/C12H14N6O6S2/c1-25-12-15-8(14-11(22)17-26-23)5-9(16-12)18(3-13-5)10-7(21)6(20)4(2-19)24-10/h3-4,6-7,10,19-21H,2H2,1H3,(H,14,15,16,22)/t4-,6-,7-,10-/m1/s1. The molecule has 1 aliphatic heterocycles. The Bertz CT molecular complexity index is 886. The van der Waals surface area contributed by atoms with Gasteiger partial charge in [0.1, 0.15) is 18.3 Å². The van der Waals surface area contributed by atoms with Crippen LogP contribution in [0.25, 0.3) is 11.2 Å². The van der Waals surface area contributed by atoms with E-state index in [4.69, 9.17) is 4.74 Å². The highest BCUT2D eigenvalue weighted by Gasteiger charge is 2.44. The molecule has 0 spiro atoms. The molecule has 4 atom stereocenters. The second kappa shape index (κ2) is 7.73. The van der Waals surface area contributed by atoms with Crippen LogP contribution in [0, 0.1) is 0 Å². The van der Waals surface area contributed by atoms with Crippen LogP contribution in [0.1, 0.15) is 6.23 Å². The van der Waals surface area contributed by atoms with Crippen LogP contribution in [0.5, 0.6) is 0 Å². The number of ether oxygens (including phenoxy) is 1. The van der Waals surface area contributed by atoms with Crippen LogP contribution < -0.4 is 5.32 Å². The second-order valence-corrected chi connectivity index (χ2v) is 6.31. The molecular formula is C12H14N6O6S2. The highest BCUT2D eigenvalue weighted by molar-refractivity contribution is 7.98. The van der Waals surface area contributed by atoms with Crippen molar-refractivity contribution in [3.05, 3.63) is 6.33 Å². The number of hydrogen-bond acceptors (Lipinski definition) is 10. The quantitative estimate of drug-likeness (QED) is 0.370. The number of fused-ring (bicyclic) bond motifs is 1. The van der Waals surface area contributed by atoms with Gasteiger partial charge in [-0.15, -0.1) is 0 Å². The van der Waals surface area contributed by atoms with Gasteiger partial charge < -0.3 is 20.1 Å². The number of nitrogens with zero attached hydrogens (tertiary/aromatic N) is 5. The third-order valence-electron chi connectivity index (χ3n) is 3.72. The largest absolute Gasteiger partial charge is 0.394 e. The number of urea groups is 1. The van der Waals surface area contributed by atoms with E-state index in [0.29, 0.717) is 0 Å². The molecule has 1 aliphatic rings. The molecule has 2 aromatic heterocycles. The summed E-state index contributed by atoms with van der Waals surface area (Å²) in [6.45, 7) is -0.470. The molecule has 1 saturated heterocycles. The summed E-state index contributed by atoms with van der Waals surface area (Å²) in [5, 5.41) is 32.0. The van der Waals surface area contributed by atoms with Crippen LogP contribution in [0.15, 0.2) is 15.8 Å². The first-order valence-corrected chi connectivity index (χ1v) is 9.14. The van der Waals surface area contributed by atoms with E-state index in [-0.39, 0.29) is 33.6 Å². The number of amides is 2. The SMILES string of the molecule is CSc1nc(NC(=O)N=S=O)c2ncn([C@@H]3O[C@H](CO)[C@@H](O)[C@H]3O)c2n1. The summed E-state index contributed by atoms with van der Waals surface area (Å²) in [6.07, 6.45) is -1.57. The van der Waals surface area contributed by atoms with Crippen molar-refractivity contribution >= 4 is 46.2 Å². The Morgan fingerprint density at radius 1 is 1.42 bits per heavy atom. The van der Waals surface area contributed by atoms with E-state index in [1.165, 1.54) is 22.7 Å². The molecule has 1 fully saturated rings. The van der Waals surface area contributed by atoms with Crippen molar-refractivity contribution in [3.8, 4) is 0 Å². The van der Waals surface area contributed by atoms with Crippen LogP contribution >= 0.6 is 11.8 Å². The first kappa shape index (κ1) is 18.8. The number of anilines is 1. The normalized spacial score (nSPS) is 25.4. The summed E-state index contributed by atoms with van der Waals surface area (Å²) in [4.78, 5) is 24.1. The van der Waals surface area contributed by atoms with Crippen molar-refractivity contribution in [3.63, 3.8) is 0 Å². The number of imidazole rings is 1. The zero-order valence-corrected chi connectivity index (χ0v) is 14.8. The zero-order chi connectivity index (χ0) is 18.8. The van der Waals surface area contributed by atoms with Crippen LogP contribution in [0.4, 0.5) is 10.6 Å². The van der Waals surface area contributed by atoms with Crippen molar-refractivity contribution in [2.24, 2.45) is 4.36 Å². The number of aliphatic hydroxyl groups is 3. The van der Waals surface area contributed by atoms with E-state index >= 15 is 0 Å². The van der Waals surface area contributed by atoms with E-state index in [1.54, 1.807) is 6.26 Å². The number of carbonyl (C=O) groups is 1. The monoisotopic (exact) mass is 402 g/mol. The third kappa shape index (κ3) is 3.34. The van der Waals surface area contributed by atoms with Gasteiger partial charge in [-0.3, -0.25) is 9.88 Å². The number of aliphatic hydroxyl groups excluding tert-OH is 3. The molecule has 2 amide bonds. The molecule has 140 valence electrons. The molecule has 0 aromatic carbocycles. The predicted molar refractivity (Wildman–Crippen MR) is 89.7 cm³/mol. The van der Waals surface area contributed by atoms with E-state index < -0.39 is 37.2 Å². The second-order valence-electron chi connectivity index (χ2n) is 5.21. The highest BCUT2D eigenvalue weighted by atomic mass is 32.2. The Hall–Kier alpha value is -1.97. The van der Waals surface area contributed by atoms with Gasteiger partial charge in [-0.1, -0.05) is 16.1 Å². The number of aromatic nitrogens is 4. The molecule has 0 unspecified atom stereocenters. The first-order valence-electron chi connectivity index (χ1n) is 7.22. The lowest BCUT2D eigenvalue weighted by Gasteiger charge is -2.16. The summed E-state index contributed by atoms with van der Waals surface area (Å²) in [7, 11) is 0. The molecule has 2 aromatic rings. The minimum absolute atomic E-state index is 0.0349. The van der Waals surface area contributed by atoms with Gasteiger partial charge in [-0.2, -0.15) is 4.21 Å². The van der Waals surface area contributed by atoms with Crippen LogP contribution in [-0.4, -0.2) is 76.3 Å². The molecule has 4 N–H and O–H groups in total. The molecule has 26 heavy (non-hydrogen) atoms. The lowest BCUT2D eigenvalue weighted by Crippen LogP contribution is -2.33. The molecule has 12 nitrogen and oxygen atoms in total. The van der Waals surface area contributed by atoms with Crippen molar-refractivity contribution in [1.29, 1.82) is 0 Å². The number of rotatable bonds is 4. The summed E-state index contributed by atoms with van der Waals surface area (Å²) in [5.41, 5.74) is 0.407. The van der Waals surface area contributed by atoms with Gasteiger partial charge in [0.25, 0.3) is 0 Å². The summed E-state index contributed by atoms with van der Waals surface area (Å²) in [5.74, 6) is 0.0349. The van der Waals surface area contributed by atoms with E-state index in [2.05, 4.69) is 24.6 Å². The van der Waals surface area contributed by atoms with Crippen LogP contribution in [0.3, 0.4) is 0 Å². The number of nitrogens with one attached hydrogen (secondary N) is 1. The van der Waals surface area contributed by atoms with Crippen molar-refractivity contribution in [2.75, 3.05) is 18.2 Å². The average Bonchev–Trinajstić information content (AvgIpc) is 3.17. The van der Waals surface area contributed by atoms with Gasteiger partial charge in [0.15, 0.2) is 28.4 Å². The Morgan fingerprint density at radius 2 is 2.19 bits per heavy atom. The number of hydrogen-bond donors (Lipinski definition) is 4. The molecule has 0 radical (unpaired) electrons. The average molecular weight is 402 g/mol. The van der Waals surface area contributed by atoms with E-state index in [1.807, 2.05) is 0 Å². The van der Waals surface area contributed by atoms with Gasteiger partial charge >= 0.3 is 6.03 Å². The Labute approximate surface area is 153 Å². The lowest BCUT2D eigenvalue weighted by molar-refractivity contribution is -0.0511. The minimum Gasteiger partial charge on any atom is -0.394 e. The Morgan fingerprint density at radius 3 is 2.81 bits per heavy atom. The maximum Gasteiger partial charge on any atom is 0.359 e. The smallest absolute Gasteiger partial charge is 0.359 e. The zero-order valence-electron chi connectivity index (χ0n) is 13.2. The van der Waals surface area contributed by atoms with Gasteiger partial charge in [-0.25, -0.2) is 19.7 Å². The van der Waals surface area contributed by atoms with Crippen molar-refractivity contribution in [1.82, 2.24) is 19.5 Å². The summed E-state index contributed by atoms with van der Waals surface area (Å²) < 4.78 is 20.3. The number of carbonyl (C=O) groups excluding carboxylic acids is 1. The lowest BCUT2D eigenvalue weighted by atomic mass is 10.1. The fraction of sp³-hybridized carbons (Fsp3) is 0.500. The summed E-state index contributed by atoms with van der Waals surface area (Å²) in [6, 6.07) is -0.903. The molecule has 0 bridgehead atoms. The maximum atomic E-state index is 11.6. The van der Waals surface area contributed by atoms with E-state index in [9.17, 15) is 24.3 Å². The molecule has 14 heteroatoms. The Kier molecular flexibility index (Phi) is 5.59. The fourth-order valence-corrected chi connectivity index (χ4v) is 3.00. The molecular weight excluding hydrogens is 388 g/mol. The van der Waals surface area contributed by atoms with E-state index in [0.717, 1.165) is 0 Å². The van der Waals surface area contributed by atoms with Gasteiger partial charge in [-0.05, 0) is 6.26 Å². The van der Waals surface area contributed by atoms with Crippen molar-refractivity contribution < 1.29 is 29.1 Å². The van der Waals surface area contributed by atoms with Crippen molar-refractivity contribution in [2.45, 2.75) is 29.7 Å². The van der Waals surface area contributed by atoms with Gasteiger partial charge in [0.05, 0.1) is 12.9 Å². The Balaban J connectivity index is 2.06. The van der Waals surface area contributed by atoms with Crippen LogP contribution in [-0.2, 0) is 16.2 Å². The minimum atomic E-state index is -1.32. The molecule has 3 heterocycles. The third-order valence-corrected chi connectivity index (χ3v) is 4.51. The van der Waals surface area contributed by atoms with Gasteiger partial charge in [0, 0.05) is 0 Å². The molecule has 3 rings (SSSR count). The predicted octanol–water partition coefficient (Wildman–Crippen LogP) is -0.912.